The Labute approximate surface area is 103 Å². The van der Waals surface area contributed by atoms with E-state index in [0.29, 0.717) is 12.8 Å². The second-order valence-corrected chi connectivity index (χ2v) is 4.00. The van der Waals surface area contributed by atoms with E-state index in [9.17, 15) is 14.4 Å². The average Bonchev–Trinajstić information content (AvgIpc) is 2.76. The molecule has 0 aliphatic carbocycles. The number of para-hydroxylation sites is 1. The standard InChI is InChI=1S/C12H12N2O4/c15-10-6-5-9(13-10)11(16)14-8-4-2-1-3-7(8)12(17)18/h1-4,9H,5-6H2,(H,13,15)(H,14,16)(H,17,18)/t9-/m1/s1. The minimum absolute atomic E-state index is 0.0233. The molecule has 1 heterocycles. The van der Waals surface area contributed by atoms with Gasteiger partial charge in [0.15, 0.2) is 0 Å². The van der Waals surface area contributed by atoms with Gasteiger partial charge in [-0.15, -0.1) is 0 Å². The number of benzene rings is 1. The fraction of sp³-hybridized carbons (Fsp3) is 0.250. The van der Waals surface area contributed by atoms with Crippen LogP contribution in [0, 0.1) is 0 Å². The van der Waals surface area contributed by atoms with Crippen molar-refractivity contribution in [2.45, 2.75) is 18.9 Å². The molecule has 1 aliphatic rings. The molecule has 0 unspecified atom stereocenters. The summed E-state index contributed by atoms with van der Waals surface area (Å²) in [6.07, 6.45) is 0.749. The summed E-state index contributed by atoms with van der Waals surface area (Å²) in [5.74, 6) is -1.67. The fourth-order valence-corrected chi connectivity index (χ4v) is 1.81. The largest absolute Gasteiger partial charge is 0.478 e. The fourth-order valence-electron chi connectivity index (χ4n) is 1.81. The highest BCUT2D eigenvalue weighted by molar-refractivity contribution is 6.03. The molecule has 1 saturated heterocycles. The van der Waals surface area contributed by atoms with Crippen molar-refractivity contribution in [3.05, 3.63) is 29.8 Å². The lowest BCUT2D eigenvalue weighted by Crippen LogP contribution is -2.37. The van der Waals surface area contributed by atoms with E-state index < -0.39 is 17.9 Å². The maximum absolute atomic E-state index is 11.8. The number of anilines is 1. The minimum Gasteiger partial charge on any atom is -0.478 e. The van der Waals surface area contributed by atoms with Gasteiger partial charge >= 0.3 is 5.97 Å². The molecule has 2 amide bonds. The number of nitrogens with one attached hydrogen (secondary N) is 2. The predicted molar refractivity (Wildman–Crippen MR) is 63.2 cm³/mol. The summed E-state index contributed by atoms with van der Waals surface area (Å²) in [5, 5.41) is 14.0. The molecule has 0 radical (unpaired) electrons. The molecule has 2 rings (SSSR count). The minimum atomic E-state index is -1.11. The van der Waals surface area contributed by atoms with Crippen molar-refractivity contribution in [1.29, 1.82) is 0 Å². The summed E-state index contributed by atoms with van der Waals surface area (Å²) >= 11 is 0. The first-order valence-electron chi connectivity index (χ1n) is 5.50. The van der Waals surface area contributed by atoms with Gasteiger partial charge in [-0.25, -0.2) is 4.79 Å². The molecule has 6 nitrogen and oxygen atoms in total. The second kappa shape index (κ2) is 4.87. The molecule has 0 aromatic heterocycles. The number of hydrogen-bond acceptors (Lipinski definition) is 3. The molecule has 1 fully saturated rings. The molecule has 0 spiro atoms. The monoisotopic (exact) mass is 248 g/mol. The Kier molecular flexibility index (Phi) is 3.27. The van der Waals surface area contributed by atoms with Crippen molar-refractivity contribution in [3.8, 4) is 0 Å². The van der Waals surface area contributed by atoms with E-state index >= 15 is 0 Å². The van der Waals surface area contributed by atoms with Crippen LogP contribution in [0.3, 0.4) is 0 Å². The van der Waals surface area contributed by atoms with Gasteiger partial charge in [0, 0.05) is 6.42 Å². The summed E-state index contributed by atoms with van der Waals surface area (Å²) in [4.78, 5) is 33.8. The van der Waals surface area contributed by atoms with E-state index in [2.05, 4.69) is 10.6 Å². The summed E-state index contributed by atoms with van der Waals surface area (Å²) in [6, 6.07) is 5.55. The Bertz CT molecular complexity index is 513. The number of carbonyl (C=O) groups is 3. The first kappa shape index (κ1) is 12.1. The molecule has 0 saturated carbocycles. The number of carboxylic acid groups (broad SMARTS) is 1. The van der Waals surface area contributed by atoms with Crippen molar-refractivity contribution >= 4 is 23.5 Å². The number of aromatic carboxylic acids is 1. The van der Waals surface area contributed by atoms with E-state index in [4.69, 9.17) is 5.11 Å². The van der Waals surface area contributed by atoms with Crippen molar-refractivity contribution < 1.29 is 19.5 Å². The first-order chi connectivity index (χ1) is 8.58. The number of amides is 2. The predicted octanol–water partition coefficient (Wildman–Crippen LogP) is 0.602. The Morgan fingerprint density at radius 1 is 1.33 bits per heavy atom. The molecule has 1 aromatic rings. The first-order valence-corrected chi connectivity index (χ1v) is 5.50. The van der Waals surface area contributed by atoms with E-state index in [1.165, 1.54) is 12.1 Å². The number of rotatable bonds is 3. The van der Waals surface area contributed by atoms with Gasteiger partial charge in [0.1, 0.15) is 6.04 Å². The van der Waals surface area contributed by atoms with Gasteiger partial charge < -0.3 is 15.7 Å². The van der Waals surface area contributed by atoms with Crippen LogP contribution in [-0.4, -0.2) is 28.9 Å². The zero-order valence-corrected chi connectivity index (χ0v) is 9.47. The number of carbonyl (C=O) groups excluding carboxylic acids is 2. The van der Waals surface area contributed by atoms with E-state index in [0.717, 1.165) is 0 Å². The van der Waals surface area contributed by atoms with E-state index in [1.807, 2.05) is 0 Å². The third-order valence-electron chi connectivity index (χ3n) is 2.73. The highest BCUT2D eigenvalue weighted by Crippen LogP contribution is 2.16. The van der Waals surface area contributed by atoms with E-state index in [1.54, 1.807) is 12.1 Å². The van der Waals surface area contributed by atoms with Crippen LogP contribution in [0.1, 0.15) is 23.2 Å². The zero-order valence-electron chi connectivity index (χ0n) is 9.47. The van der Waals surface area contributed by atoms with Gasteiger partial charge in [0.2, 0.25) is 11.8 Å². The second-order valence-electron chi connectivity index (χ2n) is 4.00. The van der Waals surface area contributed by atoms with Crippen LogP contribution in [0.15, 0.2) is 24.3 Å². The lowest BCUT2D eigenvalue weighted by Gasteiger charge is -2.12. The summed E-state index contributed by atoms with van der Waals surface area (Å²) in [7, 11) is 0. The molecule has 3 N–H and O–H groups in total. The van der Waals surface area contributed by atoms with Crippen molar-refractivity contribution in [2.75, 3.05) is 5.32 Å². The van der Waals surface area contributed by atoms with Gasteiger partial charge in [0.25, 0.3) is 0 Å². The third-order valence-corrected chi connectivity index (χ3v) is 2.73. The Hall–Kier alpha value is -2.37. The molecule has 1 aliphatic heterocycles. The van der Waals surface area contributed by atoms with Gasteiger partial charge in [-0.3, -0.25) is 9.59 Å². The molecular weight excluding hydrogens is 236 g/mol. The molecule has 0 bridgehead atoms. The average molecular weight is 248 g/mol. The highest BCUT2D eigenvalue weighted by Gasteiger charge is 2.27. The normalized spacial score (nSPS) is 18.2. The lowest BCUT2D eigenvalue weighted by atomic mass is 10.1. The SMILES string of the molecule is O=C1CC[C@H](C(=O)Nc2ccccc2C(=O)O)N1. The van der Waals surface area contributed by atoms with Crippen LogP contribution < -0.4 is 10.6 Å². The van der Waals surface area contributed by atoms with Crippen LogP contribution >= 0.6 is 0 Å². The third kappa shape index (κ3) is 2.48. The van der Waals surface area contributed by atoms with Crippen LogP contribution in [0.4, 0.5) is 5.69 Å². The molecule has 94 valence electrons. The van der Waals surface area contributed by atoms with Crippen LogP contribution in [0.5, 0.6) is 0 Å². The van der Waals surface area contributed by atoms with Crippen molar-refractivity contribution in [2.24, 2.45) is 0 Å². The topological polar surface area (TPSA) is 95.5 Å². The van der Waals surface area contributed by atoms with Gasteiger partial charge in [-0.1, -0.05) is 12.1 Å². The highest BCUT2D eigenvalue weighted by atomic mass is 16.4. The Morgan fingerprint density at radius 2 is 2.06 bits per heavy atom. The van der Waals surface area contributed by atoms with Crippen molar-refractivity contribution in [1.82, 2.24) is 5.32 Å². The molecular formula is C12H12N2O4. The van der Waals surface area contributed by atoms with Gasteiger partial charge in [0.05, 0.1) is 11.3 Å². The lowest BCUT2D eigenvalue weighted by molar-refractivity contribution is -0.122. The van der Waals surface area contributed by atoms with Gasteiger partial charge in [-0.05, 0) is 18.6 Å². The van der Waals surface area contributed by atoms with Crippen LogP contribution in [-0.2, 0) is 9.59 Å². The number of carboxylic acids is 1. The summed E-state index contributed by atoms with van der Waals surface area (Å²) < 4.78 is 0. The van der Waals surface area contributed by atoms with E-state index in [-0.39, 0.29) is 17.2 Å². The molecule has 1 aromatic carbocycles. The molecule has 6 heteroatoms. The summed E-state index contributed by atoms with van der Waals surface area (Å²) in [6.45, 7) is 0. The maximum Gasteiger partial charge on any atom is 0.337 e. The Balaban J connectivity index is 2.12. The molecule has 1 atom stereocenters. The maximum atomic E-state index is 11.8. The molecule has 18 heavy (non-hydrogen) atoms. The Morgan fingerprint density at radius 3 is 2.67 bits per heavy atom. The smallest absolute Gasteiger partial charge is 0.337 e. The van der Waals surface area contributed by atoms with Gasteiger partial charge in [-0.2, -0.15) is 0 Å². The van der Waals surface area contributed by atoms with Crippen LogP contribution in [0.2, 0.25) is 0 Å². The quantitative estimate of drug-likeness (QED) is 0.730. The van der Waals surface area contributed by atoms with Crippen molar-refractivity contribution in [3.63, 3.8) is 0 Å². The number of hydrogen-bond donors (Lipinski definition) is 3. The van der Waals surface area contributed by atoms with Crippen LogP contribution in [0.25, 0.3) is 0 Å². The summed E-state index contributed by atoms with van der Waals surface area (Å²) in [5.41, 5.74) is 0.256. The zero-order chi connectivity index (χ0) is 13.1.